The van der Waals surface area contributed by atoms with Crippen molar-refractivity contribution in [1.82, 2.24) is 4.90 Å². The van der Waals surface area contributed by atoms with Gasteiger partial charge in [-0.3, -0.25) is 4.79 Å². The number of hydrogen-bond donors (Lipinski definition) is 0. The minimum Gasteiger partial charge on any atom is -0.436 e. The number of ether oxygens (including phenoxy) is 2. The van der Waals surface area contributed by atoms with E-state index in [0.29, 0.717) is 18.7 Å². The van der Waals surface area contributed by atoms with Gasteiger partial charge in [-0.15, -0.1) is 0 Å². The Bertz CT molecular complexity index is 1040. The standard InChI is InChI=1S/C27H33F3N2O3S/c1-3-7-26(33)35-19(2)34-21-12-16-31(17-13-21)14-6-15-32-22-8-4-5-9-24(22)36-25-11-10-20(18-23(25)32)27(28,29)30/h4-5,8-11,18-19,21H,3,6-7,12-17H2,1-2H3. The molecule has 2 aromatic rings. The second-order valence-electron chi connectivity index (χ2n) is 9.24. The summed E-state index contributed by atoms with van der Waals surface area (Å²) in [5.74, 6) is -0.232. The predicted molar refractivity (Wildman–Crippen MR) is 135 cm³/mol. The number of hydrogen-bond acceptors (Lipinski definition) is 6. The van der Waals surface area contributed by atoms with Crippen molar-refractivity contribution in [3.63, 3.8) is 0 Å². The Labute approximate surface area is 214 Å². The molecule has 0 amide bonds. The van der Waals surface area contributed by atoms with Gasteiger partial charge in [0, 0.05) is 35.8 Å². The Kier molecular flexibility index (Phi) is 8.85. The number of nitrogens with zero attached hydrogens (tertiary/aromatic N) is 2. The maximum absolute atomic E-state index is 13.4. The number of benzene rings is 2. The molecular formula is C27H33F3N2O3S. The van der Waals surface area contributed by atoms with Crippen LogP contribution in [0.5, 0.6) is 0 Å². The van der Waals surface area contributed by atoms with Gasteiger partial charge in [-0.2, -0.15) is 13.2 Å². The van der Waals surface area contributed by atoms with E-state index in [-0.39, 0.29) is 12.1 Å². The van der Waals surface area contributed by atoms with E-state index in [1.54, 1.807) is 13.0 Å². The van der Waals surface area contributed by atoms with Crippen LogP contribution in [-0.2, 0) is 20.4 Å². The van der Waals surface area contributed by atoms with Crippen LogP contribution in [0.2, 0.25) is 0 Å². The number of rotatable bonds is 9. The molecule has 1 fully saturated rings. The van der Waals surface area contributed by atoms with E-state index in [2.05, 4.69) is 4.90 Å². The highest BCUT2D eigenvalue weighted by atomic mass is 32.2. The van der Waals surface area contributed by atoms with Gasteiger partial charge in [0.05, 0.1) is 23.0 Å². The number of carbonyl (C=O) groups excluding carboxylic acids is 1. The van der Waals surface area contributed by atoms with Crippen LogP contribution in [0.1, 0.15) is 51.5 Å². The summed E-state index contributed by atoms with van der Waals surface area (Å²) in [7, 11) is 0. The maximum Gasteiger partial charge on any atom is 0.416 e. The molecule has 2 aromatic carbocycles. The van der Waals surface area contributed by atoms with Crippen LogP contribution in [0.3, 0.4) is 0 Å². The molecule has 0 spiro atoms. The average Bonchev–Trinajstić information content (AvgIpc) is 2.84. The lowest BCUT2D eigenvalue weighted by atomic mass is 10.1. The Balaban J connectivity index is 1.32. The number of likely N-dealkylation sites (tertiary alicyclic amines) is 1. The molecule has 0 aromatic heterocycles. The van der Waals surface area contributed by atoms with Crippen LogP contribution in [0.4, 0.5) is 24.5 Å². The van der Waals surface area contributed by atoms with Crippen molar-refractivity contribution in [3.8, 4) is 0 Å². The predicted octanol–water partition coefficient (Wildman–Crippen LogP) is 6.87. The van der Waals surface area contributed by atoms with E-state index in [1.807, 2.05) is 36.1 Å². The molecule has 0 bridgehead atoms. The second-order valence-corrected chi connectivity index (χ2v) is 10.3. The van der Waals surface area contributed by atoms with E-state index in [1.165, 1.54) is 17.8 Å². The van der Waals surface area contributed by atoms with Gasteiger partial charge < -0.3 is 19.3 Å². The molecule has 2 aliphatic heterocycles. The molecule has 196 valence electrons. The van der Waals surface area contributed by atoms with Crippen LogP contribution >= 0.6 is 11.8 Å². The van der Waals surface area contributed by atoms with Crippen molar-refractivity contribution in [1.29, 1.82) is 0 Å². The SMILES string of the molecule is CCCC(=O)OC(C)OC1CCN(CCCN2c3ccccc3Sc3ccc(C(F)(F)F)cc32)CC1. The van der Waals surface area contributed by atoms with Gasteiger partial charge in [-0.25, -0.2) is 0 Å². The van der Waals surface area contributed by atoms with Crippen LogP contribution < -0.4 is 4.90 Å². The minimum absolute atomic E-state index is 0.0596. The molecule has 1 unspecified atom stereocenters. The molecule has 2 aliphatic rings. The summed E-state index contributed by atoms with van der Waals surface area (Å²) in [6.07, 6.45) is -1.17. The third kappa shape index (κ3) is 6.75. The third-order valence-corrected chi connectivity index (χ3v) is 7.61. The zero-order valence-electron chi connectivity index (χ0n) is 20.7. The first-order valence-corrected chi connectivity index (χ1v) is 13.4. The van der Waals surface area contributed by atoms with Crippen molar-refractivity contribution in [2.24, 2.45) is 0 Å². The molecule has 0 aliphatic carbocycles. The third-order valence-electron chi connectivity index (χ3n) is 6.48. The van der Waals surface area contributed by atoms with Gasteiger partial charge in [0.25, 0.3) is 0 Å². The Morgan fingerprint density at radius 3 is 2.53 bits per heavy atom. The Hall–Kier alpha value is -2.23. The average molecular weight is 523 g/mol. The van der Waals surface area contributed by atoms with Gasteiger partial charge in [-0.05, 0) is 69.5 Å². The second kappa shape index (κ2) is 11.9. The smallest absolute Gasteiger partial charge is 0.416 e. The molecule has 2 heterocycles. The zero-order chi connectivity index (χ0) is 25.7. The number of para-hydroxylation sites is 1. The van der Waals surface area contributed by atoms with E-state index >= 15 is 0 Å². The number of fused-ring (bicyclic) bond motifs is 2. The van der Waals surface area contributed by atoms with Crippen LogP contribution in [0.15, 0.2) is 52.3 Å². The number of alkyl halides is 3. The first kappa shape index (κ1) is 26.8. The monoisotopic (exact) mass is 522 g/mol. The molecule has 1 saturated heterocycles. The van der Waals surface area contributed by atoms with E-state index in [0.717, 1.165) is 66.9 Å². The van der Waals surface area contributed by atoms with E-state index < -0.39 is 18.0 Å². The molecule has 0 saturated carbocycles. The molecule has 36 heavy (non-hydrogen) atoms. The lowest BCUT2D eigenvalue weighted by Gasteiger charge is -2.35. The highest BCUT2D eigenvalue weighted by Crippen LogP contribution is 2.49. The van der Waals surface area contributed by atoms with Gasteiger partial charge in [0.2, 0.25) is 0 Å². The lowest BCUT2D eigenvalue weighted by Crippen LogP contribution is -2.40. The number of anilines is 2. The van der Waals surface area contributed by atoms with Crippen LogP contribution in [0, 0.1) is 0 Å². The van der Waals surface area contributed by atoms with Crippen molar-refractivity contribution in [2.75, 3.05) is 31.1 Å². The summed E-state index contributed by atoms with van der Waals surface area (Å²) < 4.78 is 51.4. The largest absolute Gasteiger partial charge is 0.436 e. The van der Waals surface area contributed by atoms with Crippen molar-refractivity contribution in [2.45, 2.75) is 74.3 Å². The van der Waals surface area contributed by atoms with Crippen LogP contribution in [0.25, 0.3) is 0 Å². The number of halogens is 3. The van der Waals surface area contributed by atoms with E-state index in [4.69, 9.17) is 9.47 Å². The maximum atomic E-state index is 13.4. The van der Waals surface area contributed by atoms with Gasteiger partial charge in [0.15, 0.2) is 6.29 Å². The summed E-state index contributed by atoms with van der Waals surface area (Å²) in [4.78, 5) is 17.9. The Morgan fingerprint density at radius 1 is 1.08 bits per heavy atom. The molecule has 0 N–H and O–H groups in total. The number of piperidine rings is 1. The Morgan fingerprint density at radius 2 is 1.81 bits per heavy atom. The molecule has 5 nitrogen and oxygen atoms in total. The topological polar surface area (TPSA) is 42.0 Å². The normalized spacial score (nSPS) is 17.4. The van der Waals surface area contributed by atoms with Crippen molar-refractivity contribution in [3.05, 3.63) is 48.0 Å². The molecule has 4 rings (SSSR count). The summed E-state index contributed by atoms with van der Waals surface area (Å²) in [5, 5.41) is 0. The number of esters is 1. The summed E-state index contributed by atoms with van der Waals surface area (Å²) in [5.41, 5.74) is 0.947. The first-order chi connectivity index (χ1) is 17.2. The first-order valence-electron chi connectivity index (χ1n) is 12.6. The minimum atomic E-state index is -4.37. The summed E-state index contributed by atoms with van der Waals surface area (Å²) in [6, 6.07) is 11.9. The summed E-state index contributed by atoms with van der Waals surface area (Å²) in [6.45, 7) is 6.93. The van der Waals surface area contributed by atoms with Crippen molar-refractivity contribution >= 4 is 29.1 Å². The molecule has 0 radical (unpaired) electrons. The highest BCUT2D eigenvalue weighted by Gasteiger charge is 2.33. The summed E-state index contributed by atoms with van der Waals surface area (Å²) >= 11 is 1.51. The molecular weight excluding hydrogens is 489 g/mol. The number of carbonyl (C=O) groups is 1. The lowest BCUT2D eigenvalue weighted by molar-refractivity contribution is -0.188. The fourth-order valence-electron chi connectivity index (χ4n) is 4.71. The van der Waals surface area contributed by atoms with Crippen LogP contribution in [-0.4, -0.2) is 49.4 Å². The molecule has 9 heteroatoms. The van der Waals surface area contributed by atoms with Gasteiger partial charge in [-0.1, -0.05) is 30.8 Å². The zero-order valence-corrected chi connectivity index (χ0v) is 21.5. The fourth-order valence-corrected chi connectivity index (χ4v) is 5.79. The highest BCUT2D eigenvalue weighted by molar-refractivity contribution is 7.99. The van der Waals surface area contributed by atoms with Crippen molar-refractivity contribution < 1.29 is 27.4 Å². The molecule has 1 atom stereocenters. The van der Waals surface area contributed by atoms with Gasteiger partial charge in [0.1, 0.15) is 0 Å². The van der Waals surface area contributed by atoms with E-state index in [9.17, 15) is 18.0 Å². The fraction of sp³-hybridized carbons (Fsp3) is 0.519. The van der Waals surface area contributed by atoms with Gasteiger partial charge >= 0.3 is 12.1 Å². The quantitative estimate of drug-likeness (QED) is 0.265.